The second-order valence-corrected chi connectivity index (χ2v) is 6.89. The van der Waals surface area contributed by atoms with Gasteiger partial charge in [0.2, 0.25) is 0 Å². The molecule has 1 rings (SSSR count). The quantitative estimate of drug-likeness (QED) is 0.246. The molecule has 0 bridgehead atoms. The highest BCUT2D eigenvalue weighted by molar-refractivity contribution is 5.68. The number of hydrogen-bond acceptors (Lipinski definition) is 8. The first-order valence-corrected chi connectivity index (χ1v) is 8.56. The average molecular weight is 386 g/mol. The average Bonchev–Trinajstić information content (AvgIpc) is 2.50. The topological polar surface area (TPSA) is 97.4 Å². The molecule has 9 nitrogen and oxygen atoms in total. The Labute approximate surface area is 159 Å². The molecule has 0 aromatic heterocycles. The van der Waals surface area contributed by atoms with Crippen molar-refractivity contribution in [3.63, 3.8) is 0 Å². The molecular weight excluding hydrogens is 358 g/mol. The van der Waals surface area contributed by atoms with E-state index in [1.54, 1.807) is 0 Å². The lowest BCUT2D eigenvalue weighted by molar-refractivity contribution is -0.883. The number of ether oxygens (including phenoxy) is 5. The van der Waals surface area contributed by atoms with Crippen molar-refractivity contribution in [2.45, 2.75) is 45.4 Å². The van der Waals surface area contributed by atoms with E-state index in [2.05, 4.69) is 5.92 Å². The summed E-state index contributed by atoms with van der Waals surface area (Å²) in [5, 5.41) is 0. The van der Waals surface area contributed by atoms with Crippen LogP contribution in [0.2, 0.25) is 0 Å². The molecule has 1 unspecified atom stereocenters. The molecule has 1 saturated heterocycles. The third-order valence-corrected chi connectivity index (χ3v) is 3.80. The molecule has 0 amide bonds. The van der Waals surface area contributed by atoms with Crippen molar-refractivity contribution in [2.24, 2.45) is 0 Å². The molecule has 27 heavy (non-hydrogen) atoms. The minimum Gasteiger partial charge on any atom is -0.456 e. The molecule has 0 aromatic carbocycles. The fourth-order valence-electron chi connectivity index (χ4n) is 2.59. The van der Waals surface area contributed by atoms with E-state index in [9.17, 15) is 14.4 Å². The molecule has 152 valence electrons. The van der Waals surface area contributed by atoms with E-state index in [0.29, 0.717) is 17.6 Å². The van der Waals surface area contributed by atoms with Crippen molar-refractivity contribution >= 4 is 17.9 Å². The van der Waals surface area contributed by atoms with Crippen LogP contribution in [0, 0.1) is 12.3 Å². The van der Waals surface area contributed by atoms with E-state index >= 15 is 0 Å². The number of rotatable bonds is 8. The van der Waals surface area contributed by atoms with Gasteiger partial charge >= 0.3 is 17.9 Å². The molecule has 0 radical (unpaired) electrons. The number of carbonyl (C=O) groups excluding carboxylic acids is 3. The summed E-state index contributed by atoms with van der Waals surface area (Å²) in [5.74, 6) is 0.801. The molecule has 0 aromatic rings. The number of likely N-dealkylation sites (N-methyl/N-ethyl adjacent to an activating group) is 1. The molecule has 0 saturated carbocycles. The maximum absolute atomic E-state index is 11.5. The second-order valence-electron chi connectivity index (χ2n) is 6.89. The van der Waals surface area contributed by atoms with Gasteiger partial charge in [-0.2, -0.15) is 0 Å². The Morgan fingerprint density at radius 1 is 1.04 bits per heavy atom. The van der Waals surface area contributed by atoms with Gasteiger partial charge in [0.25, 0.3) is 0 Å². The van der Waals surface area contributed by atoms with Gasteiger partial charge in [0.05, 0.1) is 27.3 Å². The fourth-order valence-corrected chi connectivity index (χ4v) is 2.59. The Kier molecular flexibility index (Phi) is 8.69. The molecule has 1 fully saturated rings. The van der Waals surface area contributed by atoms with E-state index in [1.807, 2.05) is 14.1 Å². The van der Waals surface area contributed by atoms with Crippen LogP contribution in [0.15, 0.2) is 0 Å². The van der Waals surface area contributed by atoms with Crippen LogP contribution in [-0.4, -0.2) is 87.4 Å². The highest BCUT2D eigenvalue weighted by atomic mass is 16.7. The maximum atomic E-state index is 11.5. The minimum atomic E-state index is -1.08. The normalized spacial score (nSPS) is 25.2. The fraction of sp³-hybridized carbons (Fsp3) is 0.722. The summed E-state index contributed by atoms with van der Waals surface area (Å²) in [6, 6.07) is 0. The second kappa shape index (κ2) is 10.3. The largest absolute Gasteiger partial charge is 0.456 e. The van der Waals surface area contributed by atoms with Gasteiger partial charge in [0.15, 0.2) is 24.6 Å². The van der Waals surface area contributed by atoms with Crippen LogP contribution in [0.1, 0.15) is 20.8 Å². The van der Waals surface area contributed by atoms with Gasteiger partial charge in [-0.05, 0) is 5.92 Å². The first-order valence-electron chi connectivity index (χ1n) is 8.56. The van der Waals surface area contributed by atoms with E-state index in [1.165, 1.54) is 20.8 Å². The number of nitrogens with zero attached hydrogens (tertiary/aromatic N) is 1. The van der Waals surface area contributed by atoms with Gasteiger partial charge in [-0.15, -0.1) is 6.42 Å². The van der Waals surface area contributed by atoms with Crippen molar-refractivity contribution in [3.05, 3.63) is 0 Å². The number of terminal acetylenes is 1. The smallest absolute Gasteiger partial charge is 0.303 e. The Balaban J connectivity index is 2.89. The van der Waals surface area contributed by atoms with Gasteiger partial charge in [-0.3, -0.25) is 14.4 Å². The summed E-state index contributed by atoms with van der Waals surface area (Å²) in [4.78, 5) is 34.3. The van der Waals surface area contributed by atoms with Gasteiger partial charge in [-0.25, -0.2) is 0 Å². The van der Waals surface area contributed by atoms with E-state index in [-0.39, 0.29) is 13.2 Å². The highest BCUT2D eigenvalue weighted by Gasteiger charge is 2.47. The Morgan fingerprint density at radius 3 is 2.11 bits per heavy atom. The van der Waals surface area contributed by atoms with Crippen LogP contribution < -0.4 is 0 Å². The van der Waals surface area contributed by atoms with Gasteiger partial charge in [-0.1, -0.05) is 0 Å². The summed E-state index contributed by atoms with van der Waals surface area (Å²) in [5.41, 5.74) is 0. The molecule has 9 heteroatoms. The Hall–Kier alpha value is -2.15. The molecule has 1 heterocycles. The molecule has 0 N–H and O–H groups in total. The molecule has 0 spiro atoms. The summed E-state index contributed by atoms with van der Waals surface area (Å²) in [6.45, 7) is 4.95. The van der Waals surface area contributed by atoms with E-state index in [0.717, 1.165) is 0 Å². The van der Waals surface area contributed by atoms with Crippen molar-refractivity contribution in [1.82, 2.24) is 0 Å². The number of esters is 3. The number of hydrogen-bond donors (Lipinski definition) is 0. The Morgan fingerprint density at radius 2 is 1.59 bits per heavy atom. The third kappa shape index (κ3) is 7.95. The van der Waals surface area contributed by atoms with Gasteiger partial charge in [0.1, 0.15) is 13.1 Å². The van der Waals surface area contributed by atoms with Crippen LogP contribution in [0.5, 0.6) is 0 Å². The molecular formula is C18H28NO8+. The lowest BCUT2D eigenvalue weighted by atomic mass is 10.0. The molecule has 0 aliphatic carbocycles. The standard InChI is InChI=1S/C18H28NO8/c1-7-8-19(5,6)9-10-23-18-17(27-14(4)22)16(26-13(3)21)15(11-24-18)25-12(2)20/h1,15-18H,8-11H2,2-6H3/q+1/t15-,16-,17-,18?/m1/s1. The van der Waals surface area contributed by atoms with Crippen molar-refractivity contribution < 1.29 is 42.6 Å². The van der Waals surface area contributed by atoms with Crippen LogP contribution in [0.3, 0.4) is 0 Å². The predicted octanol–water partition coefficient (Wildman–Crippen LogP) is -0.136. The zero-order valence-corrected chi connectivity index (χ0v) is 16.4. The summed E-state index contributed by atoms with van der Waals surface area (Å²) < 4.78 is 27.5. The van der Waals surface area contributed by atoms with Crippen molar-refractivity contribution in [1.29, 1.82) is 0 Å². The van der Waals surface area contributed by atoms with Crippen molar-refractivity contribution in [2.75, 3.05) is 40.4 Å². The summed E-state index contributed by atoms with van der Waals surface area (Å²) >= 11 is 0. The number of carbonyl (C=O) groups is 3. The zero-order chi connectivity index (χ0) is 20.6. The Bertz CT molecular complexity index is 582. The van der Waals surface area contributed by atoms with Crippen LogP contribution >= 0.6 is 0 Å². The number of quaternary nitrogens is 1. The lowest BCUT2D eigenvalue weighted by Crippen LogP contribution is -2.58. The van der Waals surface area contributed by atoms with Crippen molar-refractivity contribution in [3.8, 4) is 12.3 Å². The van der Waals surface area contributed by atoms with Crippen LogP contribution in [0.25, 0.3) is 0 Å². The highest BCUT2D eigenvalue weighted by Crippen LogP contribution is 2.25. The van der Waals surface area contributed by atoms with Crippen LogP contribution in [0.4, 0.5) is 0 Å². The lowest BCUT2D eigenvalue weighted by Gasteiger charge is -2.40. The first-order chi connectivity index (χ1) is 12.6. The maximum Gasteiger partial charge on any atom is 0.303 e. The monoisotopic (exact) mass is 386 g/mol. The van der Waals surface area contributed by atoms with Gasteiger partial charge < -0.3 is 28.2 Å². The van der Waals surface area contributed by atoms with E-state index < -0.39 is 42.5 Å². The summed E-state index contributed by atoms with van der Waals surface area (Å²) in [6.07, 6.45) is 1.34. The zero-order valence-electron chi connectivity index (χ0n) is 16.4. The van der Waals surface area contributed by atoms with E-state index in [4.69, 9.17) is 30.1 Å². The SMILES string of the molecule is C#CC[N+](C)(C)CCOC1OC[C@@H](OC(C)=O)[C@@H](OC(C)=O)[C@H]1OC(C)=O. The molecule has 1 aliphatic rings. The third-order valence-electron chi connectivity index (χ3n) is 3.80. The molecule has 1 aliphatic heterocycles. The first kappa shape index (κ1) is 22.9. The summed E-state index contributed by atoms with van der Waals surface area (Å²) in [7, 11) is 3.90. The minimum absolute atomic E-state index is 0.0669. The van der Waals surface area contributed by atoms with Gasteiger partial charge in [0, 0.05) is 20.8 Å². The molecule has 4 atom stereocenters. The predicted molar refractivity (Wildman–Crippen MR) is 93.0 cm³/mol. The van der Waals surface area contributed by atoms with Crippen LogP contribution in [-0.2, 0) is 38.1 Å².